The Balaban J connectivity index is 2.11. The van der Waals surface area contributed by atoms with Gasteiger partial charge in [0.15, 0.2) is 0 Å². The molecule has 1 fully saturated rings. The quantitative estimate of drug-likeness (QED) is 0.877. The third-order valence-electron chi connectivity index (χ3n) is 2.79. The molecule has 1 aliphatic rings. The zero-order valence-corrected chi connectivity index (χ0v) is 10.8. The molecule has 1 aromatic rings. The summed E-state index contributed by atoms with van der Waals surface area (Å²) in [5.41, 5.74) is 1.10. The van der Waals surface area contributed by atoms with Gasteiger partial charge in [-0.2, -0.15) is 0 Å². The molecule has 1 N–H and O–H groups in total. The molecule has 3 nitrogen and oxygen atoms in total. The summed E-state index contributed by atoms with van der Waals surface area (Å²) < 4.78 is 11.2. The fourth-order valence-electron chi connectivity index (χ4n) is 1.86. The van der Waals surface area contributed by atoms with E-state index >= 15 is 0 Å². The van der Waals surface area contributed by atoms with Crippen LogP contribution in [0.15, 0.2) is 18.2 Å². The minimum absolute atomic E-state index is 0.135. The molecule has 1 aromatic carbocycles. The van der Waals surface area contributed by atoms with Crippen molar-refractivity contribution in [3.8, 4) is 5.75 Å². The lowest BCUT2D eigenvalue weighted by Crippen LogP contribution is -2.19. The Labute approximate surface area is 107 Å². The number of ether oxygens (including phenoxy) is 2. The molecule has 0 spiro atoms. The van der Waals surface area contributed by atoms with Gasteiger partial charge in [-0.1, -0.05) is 30.7 Å². The van der Waals surface area contributed by atoms with Crippen molar-refractivity contribution >= 4 is 11.6 Å². The molecule has 0 bridgehead atoms. The third kappa shape index (κ3) is 3.35. The Morgan fingerprint density at radius 3 is 3.12 bits per heavy atom. The number of hydrogen-bond donors (Lipinski definition) is 1. The van der Waals surface area contributed by atoms with Crippen LogP contribution in [-0.2, 0) is 11.3 Å². The van der Waals surface area contributed by atoms with E-state index < -0.39 is 0 Å². The second-order valence-electron chi connectivity index (χ2n) is 4.11. The molecule has 0 radical (unpaired) electrons. The highest BCUT2D eigenvalue weighted by atomic mass is 35.5. The molecule has 2 rings (SSSR count). The molecular formula is C13H18ClNO2. The Morgan fingerprint density at radius 1 is 1.53 bits per heavy atom. The van der Waals surface area contributed by atoms with Gasteiger partial charge in [-0.3, -0.25) is 0 Å². The van der Waals surface area contributed by atoms with E-state index in [0.717, 1.165) is 37.4 Å². The van der Waals surface area contributed by atoms with Crippen molar-refractivity contribution in [3.63, 3.8) is 0 Å². The lowest BCUT2D eigenvalue weighted by Gasteiger charge is -2.17. The van der Waals surface area contributed by atoms with Gasteiger partial charge < -0.3 is 14.8 Å². The van der Waals surface area contributed by atoms with E-state index in [1.165, 1.54) is 0 Å². The maximum Gasteiger partial charge on any atom is 0.142 e. The molecule has 1 unspecified atom stereocenters. The minimum Gasteiger partial charge on any atom is -0.486 e. The number of hydrogen-bond acceptors (Lipinski definition) is 3. The van der Waals surface area contributed by atoms with Gasteiger partial charge in [0, 0.05) is 18.5 Å². The number of nitrogens with one attached hydrogen (secondary N) is 1. The van der Waals surface area contributed by atoms with Crippen LogP contribution in [0.5, 0.6) is 5.75 Å². The maximum atomic E-state index is 6.19. The SMILES string of the molecule is CCNCc1cccc(Cl)c1OC1CCOC1. The molecular weight excluding hydrogens is 238 g/mol. The number of para-hydroxylation sites is 1. The molecule has 4 heteroatoms. The zero-order chi connectivity index (χ0) is 12.1. The molecule has 94 valence electrons. The van der Waals surface area contributed by atoms with E-state index in [1.54, 1.807) is 0 Å². The molecule has 1 atom stereocenters. The van der Waals surface area contributed by atoms with Crippen molar-refractivity contribution in [1.29, 1.82) is 0 Å². The normalized spacial score (nSPS) is 19.5. The van der Waals surface area contributed by atoms with Crippen molar-refractivity contribution in [1.82, 2.24) is 5.32 Å². The zero-order valence-electron chi connectivity index (χ0n) is 10.0. The van der Waals surface area contributed by atoms with E-state index in [4.69, 9.17) is 21.1 Å². The van der Waals surface area contributed by atoms with Crippen LogP contribution >= 0.6 is 11.6 Å². The van der Waals surface area contributed by atoms with Crippen LogP contribution in [0.3, 0.4) is 0 Å². The first-order chi connectivity index (χ1) is 8.31. The average Bonchev–Trinajstić information content (AvgIpc) is 2.83. The minimum atomic E-state index is 0.135. The second kappa shape index (κ2) is 6.24. The van der Waals surface area contributed by atoms with E-state index in [-0.39, 0.29) is 6.10 Å². The summed E-state index contributed by atoms with van der Waals surface area (Å²) in [6, 6.07) is 5.86. The molecule has 1 aliphatic heterocycles. The fraction of sp³-hybridized carbons (Fsp3) is 0.538. The van der Waals surface area contributed by atoms with Crippen LogP contribution in [0.2, 0.25) is 5.02 Å². The summed E-state index contributed by atoms with van der Waals surface area (Å²) in [6.45, 7) is 5.22. The van der Waals surface area contributed by atoms with Crippen molar-refractivity contribution in [2.75, 3.05) is 19.8 Å². The Hall–Kier alpha value is -0.770. The van der Waals surface area contributed by atoms with Crippen LogP contribution in [0, 0.1) is 0 Å². The molecule has 0 aromatic heterocycles. The van der Waals surface area contributed by atoms with Crippen LogP contribution < -0.4 is 10.1 Å². The first kappa shape index (κ1) is 12.7. The van der Waals surface area contributed by atoms with Gasteiger partial charge >= 0.3 is 0 Å². The van der Waals surface area contributed by atoms with Gasteiger partial charge in [0.25, 0.3) is 0 Å². The van der Waals surface area contributed by atoms with Crippen LogP contribution in [0.4, 0.5) is 0 Å². The molecule has 1 heterocycles. The summed E-state index contributed by atoms with van der Waals surface area (Å²) in [7, 11) is 0. The Bertz CT molecular complexity index is 364. The van der Waals surface area contributed by atoms with Gasteiger partial charge in [0.2, 0.25) is 0 Å². The molecule has 0 saturated carbocycles. The highest BCUT2D eigenvalue weighted by Crippen LogP contribution is 2.30. The fourth-order valence-corrected chi connectivity index (χ4v) is 2.10. The average molecular weight is 256 g/mol. The Kier molecular flexibility index (Phi) is 4.66. The van der Waals surface area contributed by atoms with Gasteiger partial charge in [-0.15, -0.1) is 0 Å². The second-order valence-corrected chi connectivity index (χ2v) is 4.52. The lowest BCUT2D eigenvalue weighted by molar-refractivity contribution is 0.140. The van der Waals surface area contributed by atoms with Gasteiger partial charge in [0.05, 0.1) is 18.2 Å². The molecule has 1 saturated heterocycles. The highest BCUT2D eigenvalue weighted by molar-refractivity contribution is 6.32. The van der Waals surface area contributed by atoms with Gasteiger partial charge in [-0.05, 0) is 12.6 Å². The molecule has 0 amide bonds. The lowest BCUT2D eigenvalue weighted by atomic mass is 10.2. The highest BCUT2D eigenvalue weighted by Gasteiger charge is 2.19. The Morgan fingerprint density at radius 2 is 2.41 bits per heavy atom. The van der Waals surface area contributed by atoms with E-state index in [2.05, 4.69) is 12.2 Å². The monoisotopic (exact) mass is 255 g/mol. The summed E-state index contributed by atoms with van der Waals surface area (Å²) in [5.74, 6) is 0.797. The predicted octanol–water partition coefficient (Wildman–Crippen LogP) is 2.62. The van der Waals surface area contributed by atoms with Crippen LogP contribution in [0.1, 0.15) is 18.9 Å². The summed E-state index contributed by atoms with van der Waals surface area (Å²) >= 11 is 6.19. The van der Waals surface area contributed by atoms with Crippen molar-refractivity contribution in [2.45, 2.75) is 26.0 Å². The van der Waals surface area contributed by atoms with Gasteiger partial charge in [-0.25, -0.2) is 0 Å². The first-order valence-electron chi connectivity index (χ1n) is 6.03. The van der Waals surface area contributed by atoms with Crippen molar-refractivity contribution in [3.05, 3.63) is 28.8 Å². The van der Waals surface area contributed by atoms with Crippen molar-refractivity contribution in [2.24, 2.45) is 0 Å². The van der Waals surface area contributed by atoms with E-state index in [1.807, 2.05) is 18.2 Å². The van der Waals surface area contributed by atoms with Crippen molar-refractivity contribution < 1.29 is 9.47 Å². The molecule has 0 aliphatic carbocycles. The van der Waals surface area contributed by atoms with Crippen LogP contribution in [-0.4, -0.2) is 25.9 Å². The topological polar surface area (TPSA) is 30.5 Å². The predicted molar refractivity (Wildman–Crippen MR) is 68.7 cm³/mol. The van der Waals surface area contributed by atoms with E-state index in [0.29, 0.717) is 11.6 Å². The maximum absolute atomic E-state index is 6.19. The van der Waals surface area contributed by atoms with E-state index in [9.17, 15) is 0 Å². The van der Waals surface area contributed by atoms with Gasteiger partial charge in [0.1, 0.15) is 11.9 Å². The number of rotatable bonds is 5. The standard InChI is InChI=1S/C13H18ClNO2/c1-2-15-8-10-4-3-5-12(14)13(10)17-11-6-7-16-9-11/h3-5,11,15H,2,6-9H2,1H3. The third-order valence-corrected chi connectivity index (χ3v) is 3.08. The summed E-state index contributed by atoms with van der Waals surface area (Å²) in [5, 5.41) is 3.96. The number of halogens is 1. The number of benzene rings is 1. The largest absolute Gasteiger partial charge is 0.486 e. The summed E-state index contributed by atoms with van der Waals surface area (Å²) in [4.78, 5) is 0. The first-order valence-corrected chi connectivity index (χ1v) is 6.41. The van der Waals surface area contributed by atoms with Crippen LogP contribution in [0.25, 0.3) is 0 Å². The summed E-state index contributed by atoms with van der Waals surface area (Å²) in [6.07, 6.45) is 1.07. The molecule has 17 heavy (non-hydrogen) atoms. The smallest absolute Gasteiger partial charge is 0.142 e.